The summed E-state index contributed by atoms with van der Waals surface area (Å²) in [5.74, 6) is 0.461. The number of urea groups is 1. The molecule has 1 unspecified atom stereocenters. The van der Waals surface area contributed by atoms with E-state index in [4.69, 9.17) is 19.9 Å². The largest absolute Gasteiger partial charge is 0.462 e. The van der Waals surface area contributed by atoms with E-state index >= 15 is 0 Å². The van der Waals surface area contributed by atoms with Crippen LogP contribution in [-0.2, 0) is 22.5 Å². The van der Waals surface area contributed by atoms with Crippen LogP contribution in [0, 0.1) is 0 Å². The van der Waals surface area contributed by atoms with Crippen LogP contribution in [0.3, 0.4) is 0 Å². The summed E-state index contributed by atoms with van der Waals surface area (Å²) in [7, 11) is 2.16. The van der Waals surface area contributed by atoms with Crippen molar-refractivity contribution in [3.63, 3.8) is 0 Å². The zero-order valence-electron chi connectivity index (χ0n) is 24.3. The Kier molecular flexibility index (Phi) is 9.22. The van der Waals surface area contributed by atoms with E-state index in [2.05, 4.69) is 28.3 Å². The fourth-order valence-corrected chi connectivity index (χ4v) is 6.10. The third kappa shape index (κ3) is 7.29. The lowest BCUT2D eigenvalue weighted by atomic mass is 10.0. The number of nitrogens with one attached hydrogen (secondary N) is 1. The Bertz CT molecular complexity index is 1480. The van der Waals surface area contributed by atoms with Gasteiger partial charge in [-0.25, -0.2) is 9.59 Å². The molecular weight excluding hydrogens is 616 g/mol. The normalized spacial score (nSPS) is 19.5. The van der Waals surface area contributed by atoms with E-state index in [0.29, 0.717) is 28.7 Å². The topological polar surface area (TPSA) is 120 Å². The van der Waals surface area contributed by atoms with Crippen molar-refractivity contribution in [1.29, 1.82) is 0 Å². The molecule has 0 saturated carbocycles. The summed E-state index contributed by atoms with van der Waals surface area (Å²) in [6.45, 7) is 4.40. The van der Waals surface area contributed by atoms with Gasteiger partial charge in [-0.2, -0.15) is 0 Å². The number of primary amides is 1. The second-order valence-corrected chi connectivity index (χ2v) is 12.1. The summed E-state index contributed by atoms with van der Waals surface area (Å²) in [4.78, 5) is 40.7. The van der Waals surface area contributed by atoms with Gasteiger partial charge in [0.05, 0.1) is 38.3 Å². The first-order valence-corrected chi connectivity index (χ1v) is 15.1. The van der Waals surface area contributed by atoms with Gasteiger partial charge in [-0.3, -0.25) is 4.79 Å². The number of amides is 3. The number of anilines is 1. The standard InChI is InChI=1S/C32H35BrN4O6/c1-3-41-31(39)23-7-11-25(12-8-23)35-32(40)36(27(30(34)38)16-21-4-9-24(33)10-5-21)26-14-15-37(2,19-26)18-22-6-13-28-29(17-22)43-20-42-28/h4-13,17,26-27H,3,14-16,18-20H2,1-2H3,(H2-,34,35,38,39,40)/p+1/t26-,27+,37?/m1/s1. The predicted molar refractivity (Wildman–Crippen MR) is 165 cm³/mol. The highest BCUT2D eigenvalue weighted by Gasteiger charge is 2.44. The predicted octanol–water partition coefficient (Wildman–Crippen LogP) is 4.70. The van der Waals surface area contributed by atoms with E-state index in [-0.39, 0.29) is 25.9 Å². The Hall–Kier alpha value is -4.09. The van der Waals surface area contributed by atoms with Crippen molar-refractivity contribution in [2.24, 2.45) is 5.73 Å². The van der Waals surface area contributed by atoms with Crippen molar-refractivity contribution in [3.05, 3.63) is 87.9 Å². The van der Waals surface area contributed by atoms with Crippen molar-refractivity contribution < 1.29 is 33.1 Å². The van der Waals surface area contributed by atoms with E-state index in [9.17, 15) is 14.4 Å². The summed E-state index contributed by atoms with van der Waals surface area (Å²) < 4.78 is 17.7. The first-order valence-electron chi connectivity index (χ1n) is 14.3. The summed E-state index contributed by atoms with van der Waals surface area (Å²) in [5, 5.41) is 2.93. The molecule has 1 saturated heterocycles. The molecule has 3 atom stereocenters. The molecule has 3 amide bonds. The summed E-state index contributed by atoms with van der Waals surface area (Å²) in [5.41, 5.74) is 8.85. The second kappa shape index (κ2) is 13.0. The molecule has 5 rings (SSSR count). The number of ether oxygens (including phenoxy) is 3. The molecular formula is C32H36BrN4O6+. The zero-order chi connectivity index (χ0) is 30.6. The van der Waals surface area contributed by atoms with Crippen LogP contribution in [0.15, 0.2) is 71.2 Å². The molecule has 1 fully saturated rings. The molecule has 0 aliphatic carbocycles. The number of likely N-dealkylation sites (N-methyl/N-ethyl adjacent to an activating group) is 1. The maximum atomic E-state index is 14.0. The number of rotatable bonds is 10. The molecule has 0 spiro atoms. The second-order valence-electron chi connectivity index (χ2n) is 11.2. The number of nitrogens with zero attached hydrogens (tertiary/aromatic N) is 2. The first kappa shape index (κ1) is 30.4. The quantitative estimate of drug-likeness (QED) is 0.242. The van der Waals surface area contributed by atoms with Crippen LogP contribution in [0.1, 0.15) is 34.8 Å². The monoisotopic (exact) mass is 651 g/mol. The average molecular weight is 653 g/mol. The first-order chi connectivity index (χ1) is 20.6. The molecule has 2 aliphatic rings. The lowest BCUT2D eigenvalue weighted by Crippen LogP contribution is -2.56. The number of carbonyl (C=O) groups excluding carboxylic acids is 3. The molecule has 3 N–H and O–H groups in total. The van der Waals surface area contributed by atoms with E-state index in [1.807, 2.05) is 42.5 Å². The lowest BCUT2D eigenvalue weighted by Gasteiger charge is -2.36. The third-order valence-corrected chi connectivity index (χ3v) is 8.47. The minimum absolute atomic E-state index is 0.218. The molecule has 10 nitrogen and oxygen atoms in total. The van der Waals surface area contributed by atoms with Crippen LogP contribution >= 0.6 is 15.9 Å². The number of hydrogen-bond acceptors (Lipinski definition) is 6. The van der Waals surface area contributed by atoms with Gasteiger partial charge in [0.15, 0.2) is 11.5 Å². The Morgan fingerprint density at radius 2 is 1.74 bits per heavy atom. The molecule has 0 aromatic heterocycles. The van der Waals surface area contributed by atoms with E-state index in [0.717, 1.165) is 40.2 Å². The van der Waals surface area contributed by atoms with E-state index < -0.39 is 23.9 Å². The van der Waals surface area contributed by atoms with Crippen LogP contribution < -0.4 is 20.5 Å². The molecule has 2 aliphatic heterocycles. The number of nitrogens with two attached hydrogens (primary N) is 1. The maximum absolute atomic E-state index is 14.0. The zero-order valence-corrected chi connectivity index (χ0v) is 25.8. The smallest absolute Gasteiger partial charge is 0.338 e. The summed E-state index contributed by atoms with van der Waals surface area (Å²) in [6.07, 6.45) is 0.973. The van der Waals surface area contributed by atoms with Crippen LogP contribution in [0.25, 0.3) is 0 Å². The molecule has 3 aromatic carbocycles. The van der Waals surface area contributed by atoms with Crippen LogP contribution in [0.4, 0.5) is 10.5 Å². The highest BCUT2D eigenvalue weighted by Crippen LogP contribution is 2.34. The molecule has 3 aromatic rings. The Labute approximate surface area is 259 Å². The van der Waals surface area contributed by atoms with Gasteiger partial charge in [0.2, 0.25) is 12.7 Å². The maximum Gasteiger partial charge on any atom is 0.338 e. The number of likely N-dealkylation sites (tertiary alicyclic amines) is 1. The molecule has 0 radical (unpaired) electrons. The third-order valence-electron chi connectivity index (χ3n) is 7.94. The SMILES string of the molecule is CCOC(=O)c1ccc(NC(=O)N([C@@H]2CC[N+](C)(Cc3ccc4c(c3)OCO4)C2)[C@@H](Cc2ccc(Br)cc2)C(N)=O)cc1. The Balaban J connectivity index is 1.38. The molecule has 43 heavy (non-hydrogen) atoms. The minimum atomic E-state index is -0.873. The highest BCUT2D eigenvalue weighted by atomic mass is 79.9. The molecule has 11 heteroatoms. The van der Waals surface area contributed by atoms with Gasteiger partial charge in [0.1, 0.15) is 12.6 Å². The van der Waals surface area contributed by atoms with Gasteiger partial charge in [-0.1, -0.05) is 28.1 Å². The van der Waals surface area contributed by atoms with Gasteiger partial charge in [0, 0.05) is 28.6 Å². The Morgan fingerprint density at radius 3 is 2.44 bits per heavy atom. The van der Waals surface area contributed by atoms with Gasteiger partial charge in [-0.15, -0.1) is 0 Å². The van der Waals surface area contributed by atoms with Crippen molar-refractivity contribution in [3.8, 4) is 11.5 Å². The van der Waals surface area contributed by atoms with Gasteiger partial charge < -0.3 is 34.6 Å². The van der Waals surface area contributed by atoms with Crippen molar-refractivity contribution in [2.45, 2.75) is 38.4 Å². The number of carbonyl (C=O) groups is 3. The fourth-order valence-electron chi connectivity index (χ4n) is 5.84. The minimum Gasteiger partial charge on any atom is -0.462 e. The van der Waals surface area contributed by atoms with Crippen molar-refractivity contribution in [2.75, 3.05) is 38.9 Å². The number of fused-ring (bicyclic) bond motifs is 1. The summed E-state index contributed by atoms with van der Waals surface area (Å²) in [6, 6.07) is 18.5. The molecule has 0 bridgehead atoms. The highest BCUT2D eigenvalue weighted by molar-refractivity contribution is 9.10. The number of quaternary nitrogens is 1. The lowest BCUT2D eigenvalue weighted by molar-refractivity contribution is -0.911. The van der Waals surface area contributed by atoms with Gasteiger partial charge in [-0.05, 0) is 67.1 Å². The number of hydrogen-bond donors (Lipinski definition) is 2. The number of benzene rings is 3. The van der Waals surface area contributed by atoms with Gasteiger partial charge in [0.25, 0.3) is 0 Å². The van der Waals surface area contributed by atoms with Gasteiger partial charge >= 0.3 is 12.0 Å². The van der Waals surface area contributed by atoms with Crippen molar-refractivity contribution >= 4 is 39.5 Å². The van der Waals surface area contributed by atoms with E-state index in [1.165, 1.54) is 0 Å². The fraction of sp³-hybridized carbons (Fsp3) is 0.344. The number of halogens is 1. The molecule has 226 valence electrons. The average Bonchev–Trinajstić information content (AvgIpc) is 3.60. The van der Waals surface area contributed by atoms with Crippen LogP contribution in [0.2, 0.25) is 0 Å². The van der Waals surface area contributed by atoms with E-state index in [1.54, 1.807) is 36.1 Å². The van der Waals surface area contributed by atoms with Crippen LogP contribution in [-0.4, -0.2) is 72.9 Å². The summed E-state index contributed by atoms with van der Waals surface area (Å²) >= 11 is 3.45. The Morgan fingerprint density at radius 1 is 1.05 bits per heavy atom. The number of esters is 1. The van der Waals surface area contributed by atoms with Crippen LogP contribution in [0.5, 0.6) is 11.5 Å². The molecule has 2 heterocycles. The van der Waals surface area contributed by atoms with Crippen molar-refractivity contribution in [1.82, 2.24) is 4.90 Å².